The quantitative estimate of drug-likeness (QED) is 0.541. The molecule has 0 N–H and O–H groups in total. The number of aromatic nitrogens is 5. The summed E-state index contributed by atoms with van der Waals surface area (Å²) in [5.41, 5.74) is 3.34. The van der Waals surface area contributed by atoms with Crippen molar-refractivity contribution in [2.45, 2.75) is 18.9 Å². The first kappa shape index (κ1) is 17.5. The van der Waals surface area contributed by atoms with Crippen LogP contribution in [0.2, 0.25) is 0 Å². The fraction of sp³-hybridized carbons (Fsp3) is 0.227. The standard InChI is InChI=1S/C22H20N6O/c1-27-18-8-3-2-7-17(18)26-21(27)19-9-5-11-28(19)22(29)16-13-24-20(25-14-16)15-6-4-10-23-12-15/h2-4,6-8,10,12-14,19H,5,9,11H2,1H3/t19-/m0/s1. The molecule has 0 aliphatic carbocycles. The SMILES string of the molecule is Cn1c([C@@H]2CCCN2C(=O)c2cnc(-c3cccnc3)nc2)nc2ccccc21. The maximum absolute atomic E-state index is 13.2. The van der Waals surface area contributed by atoms with Crippen LogP contribution in [0.5, 0.6) is 0 Å². The van der Waals surface area contributed by atoms with E-state index in [9.17, 15) is 4.79 Å². The molecule has 7 nitrogen and oxygen atoms in total. The highest BCUT2D eigenvalue weighted by Gasteiger charge is 2.34. The molecule has 1 fully saturated rings. The number of likely N-dealkylation sites (tertiary alicyclic amines) is 1. The summed E-state index contributed by atoms with van der Waals surface area (Å²) in [6.07, 6.45) is 8.46. The van der Waals surface area contributed by atoms with Gasteiger partial charge in [-0.05, 0) is 37.1 Å². The molecule has 0 bridgehead atoms. The summed E-state index contributed by atoms with van der Waals surface area (Å²) < 4.78 is 2.09. The molecule has 1 aliphatic rings. The van der Waals surface area contributed by atoms with E-state index in [-0.39, 0.29) is 11.9 Å². The van der Waals surface area contributed by atoms with Crippen molar-refractivity contribution in [3.05, 3.63) is 72.6 Å². The number of carbonyl (C=O) groups excluding carboxylic acids is 1. The third-order valence-corrected chi connectivity index (χ3v) is 5.45. The zero-order valence-corrected chi connectivity index (χ0v) is 16.1. The normalized spacial score (nSPS) is 16.4. The molecule has 29 heavy (non-hydrogen) atoms. The van der Waals surface area contributed by atoms with Gasteiger partial charge in [-0.15, -0.1) is 0 Å². The van der Waals surface area contributed by atoms with E-state index in [2.05, 4.69) is 25.6 Å². The van der Waals surface area contributed by atoms with Gasteiger partial charge in [0, 0.05) is 43.9 Å². The van der Waals surface area contributed by atoms with Crippen molar-refractivity contribution in [2.24, 2.45) is 7.05 Å². The topological polar surface area (TPSA) is 76.8 Å². The highest BCUT2D eigenvalue weighted by molar-refractivity contribution is 5.94. The Bertz CT molecular complexity index is 1170. The largest absolute Gasteiger partial charge is 0.329 e. The van der Waals surface area contributed by atoms with Gasteiger partial charge in [0.1, 0.15) is 5.82 Å². The van der Waals surface area contributed by atoms with E-state index >= 15 is 0 Å². The molecule has 0 spiro atoms. The number of fused-ring (bicyclic) bond motifs is 1. The number of nitrogens with zero attached hydrogens (tertiary/aromatic N) is 6. The van der Waals surface area contributed by atoms with Crippen LogP contribution in [0.25, 0.3) is 22.4 Å². The lowest BCUT2D eigenvalue weighted by molar-refractivity contribution is 0.0727. The minimum atomic E-state index is -0.0581. The summed E-state index contributed by atoms with van der Waals surface area (Å²) in [5, 5.41) is 0. The number of imidazole rings is 1. The fourth-order valence-corrected chi connectivity index (χ4v) is 3.99. The second kappa shape index (κ2) is 7.09. The first-order chi connectivity index (χ1) is 14.2. The van der Waals surface area contributed by atoms with E-state index < -0.39 is 0 Å². The van der Waals surface area contributed by atoms with Crippen LogP contribution in [0.15, 0.2) is 61.2 Å². The molecule has 0 radical (unpaired) electrons. The average molecular weight is 384 g/mol. The van der Waals surface area contributed by atoms with E-state index in [1.165, 1.54) is 0 Å². The van der Waals surface area contributed by atoms with Crippen LogP contribution in [0.1, 0.15) is 35.1 Å². The summed E-state index contributed by atoms with van der Waals surface area (Å²) in [7, 11) is 2.01. The number of carbonyl (C=O) groups is 1. The highest BCUT2D eigenvalue weighted by Crippen LogP contribution is 2.34. The van der Waals surface area contributed by atoms with Crippen LogP contribution in [0.3, 0.4) is 0 Å². The molecule has 144 valence electrons. The number of rotatable bonds is 3. The third-order valence-electron chi connectivity index (χ3n) is 5.45. The van der Waals surface area contributed by atoms with Crippen LogP contribution >= 0.6 is 0 Å². The van der Waals surface area contributed by atoms with E-state index in [0.717, 1.165) is 35.3 Å². The molecule has 1 atom stereocenters. The monoisotopic (exact) mass is 384 g/mol. The number of amides is 1. The fourth-order valence-electron chi connectivity index (χ4n) is 3.99. The second-order valence-electron chi connectivity index (χ2n) is 7.21. The molecule has 4 aromatic rings. The molecular weight excluding hydrogens is 364 g/mol. The lowest BCUT2D eigenvalue weighted by Crippen LogP contribution is -2.32. The van der Waals surface area contributed by atoms with Crippen molar-refractivity contribution >= 4 is 16.9 Å². The molecule has 5 rings (SSSR count). The van der Waals surface area contributed by atoms with Crippen LogP contribution in [-0.4, -0.2) is 41.9 Å². The smallest absolute Gasteiger partial charge is 0.257 e. The number of pyridine rings is 1. The van der Waals surface area contributed by atoms with Gasteiger partial charge in [-0.25, -0.2) is 15.0 Å². The number of hydrogen-bond donors (Lipinski definition) is 0. The van der Waals surface area contributed by atoms with Crippen molar-refractivity contribution in [3.63, 3.8) is 0 Å². The summed E-state index contributed by atoms with van der Waals surface area (Å²) in [4.78, 5) is 32.7. The van der Waals surface area contributed by atoms with E-state index in [4.69, 9.17) is 4.98 Å². The van der Waals surface area contributed by atoms with Crippen LogP contribution in [0, 0.1) is 0 Å². The van der Waals surface area contributed by atoms with Gasteiger partial charge >= 0.3 is 0 Å². The van der Waals surface area contributed by atoms with E-state index in [1.54, 1.807) is 24.8 Å². The van der Waals surface area contributed by atoms with Gasteiger partial charge in [0.15, 0.2) is 5.82 Å². The minimum Gasteiger partial charge on any atom is -0.329 e. The summed E-state index contributed by atoms with van der Waals surface area (Å²) in [5.74, 6) is 1.42. The predicted molar refractivity (Wildman–Crippen MR) is 109 cm³/mol. The van der Waals surface area contributed by atoms with Crippen molar-refractivity contribution in [1.29, 1.82) is 0 Å². The van der Waals surface area contributed by atoms with Crippen LogP contribution < -0.4 is 0 Å². The number of hydrogen-bond acceptors (Lipinski definition) is 5. The Morgan fingerprint density at radius 3 is 2.66 bits per heavy atom. The van der Waals surface area contributed by atoms with Crippen molar-refractivity contribution in [2.75, 3.05) is 6.54 Å². The zero-order valence-electron chi connectivity index (χ0n) is 16.1. The Kier molecular flexibility index (Phi) is 4.27. The lowest BCUT2D eigenvalue weighted by Gasteiger charge is -2.24. The molecular formula is C22H20N6O. The van der Waals surface area contributed by atoms with Crippen molar-refractivity contribution in [3.8, 4) is 11.4 Å². The maximum Gasteiger partial charge on any atom is 0.257 e. The van der Waals surface area contributed by atoms with Gasteiger partial charge in [-0.2, -0.15) is 0 Å². The first-order valence-electron chi connectivity index (χ1n) is 9.67. The van der Waals surface area contributed by atoms with Gasteiger partial charge in [0.05, 0.1) is 22.6 Å². The Morgan fingerprint density at radius 1 is 1.07 bits per heavy atom. The Morgan fingerprint density at radius 2 is 1.90 bits per heavy atom. The molecule has 1 aromatic carbocycles. The van der Waals surface area contributed by atoms with Gasteiger partial charge < -0.3 is 9.47 Å². The van der Waals surface area contributed by atoms with Crippen molar-refractivity contribution < 1.29 is 4.79 Å². The molecule has 1 saturated heterocycles. The van der Waals surface area contributed by atoms with Gasteiger partial charge in [0.25, 0.3) is 5.91 Å². The summed E-state index contributed by atoms with van der Waals surface area (Å²) in [6.45, 7) is 0.705. The second-order valence-corrected chi connectivity index (χ2v) is 7.21. The van der Waals surface area contributed by atoms with Crippen LogP contribution in [0.4, 0.5) is 0 Å². The van der Waals surface area contributed by atoms with Gasteiger partial charge in [0.2, 0.25) is 0 Å². The molecule has 0 saturated carbocycles. The average Bonchev–Trinajstić information content (AvgIpc) is 3.39. The lowest BCUT2D eigenvalue weighted by atomic mass is 10.2. The third kappa shape index (κ3) is 3.04. The predicted octanol–water partition coefficient (Wildman–Crippen LogP) is 3.40. The number of para-hydroxylation sites is 2. The summed E-state index contributed by atoms with van der Waals surface area (Å²) in [6, 6.07) is 11.7. The zero-order chi connectivity index (χ0) is 19.8. The minimum absolute atomic E-state index is 0.0436. The Hall–Kier alpha value is -3.61. The van der Waals surface area contributed by atoms with E-state index in [0.29, 0.717) is 17.9 Å². The Labute approximate surface area is 168 Å². The Balaban J connectivity index is 1.43. The molecule has 0 unspecified atom stereocenters. The summed E-state index contributed by atoms with van der Waals surface area (Å²) >= 11 is 0. The highest BCUT2D eigenvalue weighted by atomic mass is 16.2. The van der Waals surface area contributed by atoms with Crippen LogP contribution in [-0.2, 0) is 7.05 Å². The molecule has 7 heteroatoms. The molecule has 4 heterocycles. The van der Waals surface area contributed by atoms with Gasteiger partial charge in [-0.1, -0.05) is 12.1 Å². The number of benzene rings is 1. The number of aryl methyl sites for hydroxylation is 1. The van der Waals surface area contributed by atoms with Crippen molar-refractivity contribution in [1.82, 2.24) is 29.4 Å². The molecule has 1 amide bonds. The molecule has 1 aliphatic heterocycles. The first-order valence-corrected chi connectivity index (χ1v) is 9.67. The molecule has 3 aromatic heterocycles. The van der Waals surface area contributed by atoms with E-state index in [1.807, 2.05) is 42.3 Å². The van der Waals surface area contributed by atoms with Gasteiger partial charge in [-0.3, -0.25) is 9.78 Å². The maximum atomic E-state index is 13.2.